The predicted octanol–water partition coefficient (Wildman–Crippen LogP) is 2.24. The number of thiazole rings is 1. The molecule has 0 saturated heterocycles. The number of carbonyl (C=O) groups is 2. The Morgan fingerprint density at radius 3 is 2.43 bits per heavy atom. The summed E-state index contributed by atoms with van der Waals surface area (Å²) in [6, 6.07) is -1.14. The summed E-state index contributed by atoms with van der Waals surface area (Å²) in [5, 5.41) is 5.57. The average molecular weight is 311 g/mol. The first-order valence-electron chi connectivity index (χ1n) is 6.93. The second kappa shape index (κ2) is 7.40. The summed E-state index contributed by atoms with van der Waals surface area (Å²) in [5.41, 5.74) is 8.02. The molecule has 1 radical (unpaired) electrons. The van der Waals surface area contributed by atoms with E-state index in [0.717, 1.165) is 10.7 Å². The third kappa shape index (κ3) is 5.00. The molecule has 0 fully saturated rings. The Morgan fingerprint density at radius 1 is 1.38 bits per heavy atom. The van der Waals surface area contributed by atoms with Gasteiger partial charge in [0.05, 0.1) is 17.2 Å². The molecule has 0 spiro atoms. The van der Waals surface area contributed by atoms with Crippen molar-refractivity contribution in [2.45, 2.75) is 46.2 Å². The number of urea groups is 1. The molecule has 1 rings (SSSR count). The lowest BCUT2D eigenvalue weighted by atomic mass is 10.0. The molecule has 0 saturated carbocycles. The van der Waals surface area contributed by atoms with Gasteiger partial charge >= 0.3 is 6.03 Å². The molecule has 1 atom stereocenters. The first-order valence-corrected chi connectivity index (χ1v) is 7.81. The Balaban J connectivity index is 2.63. The van der Waals surface area contributed by atoms with Gasteiger partial charge in [-0.15, -0.1) is 11.3 Å². The van der Waals surface area contributed by atoms with E-state index in [-0.39, 0.29) is 11.9 Å². The number of carbonyl (C=O) groups excluding carboxylic acids is 2. The normalized spacial score (nSPS) is 12.5. The van der Waals surface area contributed by atoms with Crippen molar-refractivity contribution in [3.05, 3.63) is 16.1 Å². The second-order valence-electron chi connectivity index (χ2n) is 5.72. The maximum Gasteiger partial charge on any atom is 0.318 e. The van der Waals surface area contributed by atoms with Crippen LogP contribution < -0.4 is 11.1 Å². The van der Waals surface area contributed by atoms with Crippen molar-refractivity contribution in [1.82, 2.24) is 20.9 Å². The fourth-order valence-corrected chi connectivity index (χ4v) is 2.58. The van der Waals surface area contributed by atoms with E-state index in [1.54, 1.807) is 32.2 Å². The lowest BCUT2D eigenvalue weighted by Crippen LogP contribution is -2.49. The van der Waals surface area contributed by atoms with Crippen molar-refractivity contribution in [2.75, 3.05) is 7.05 Å². The molecule has 3 amide bonds. The smallest absolute Gasteiger partial charge is 0.318 e. The van der Waals surface area contributed by atoms with Crippen LogP contribution in [0.15, 0.2) is 5.38 Å². The summed E-state index contributed by atoms with van der Waals surface area (Å²) in [6.07, 6.45) is 0. The highest BCUT2D eigenvalue weighted by atomic mass is 32.1. The highest BCUT2D eigenvalue weighted by molar-refractivity contribution is 7.09. The molecule has 117 valence electrons. The van der Waals surface area contributed by atoms with Crippen molar-refractivity contribution < 1.29 is 9.59 Å². The zero-order valence-electron chi connectivity index (χ0n) is 13.1. The third-order valence-corrected chi connectivity index (χ3v) is 4.23. The SMILES string of the molecule is CC(C)c1nc(CN(C)C(=O)N[C@H](C([NH])=O)C(C)C)cs1. The van der Waals surface area contributed by atoms with Crippen LogP contribution >= 0.6 is 11.3 Å². The minimum absolute atomic E-state index is 0.112. The molecule has 1 heterocycles. The molecule has 0 aliphatic carbocycles. The van der Waals surface area contributed by atoms with E-state index in [2.05, 4.69) is 24.1 Å². The largest absolute Gasteiger partial charge is 0.326 e. The van der Waals surface area contributed by atoms with Gasteiger partial charge < -0.3 is 10.2 Å². The number of hydrogen-bond donors (Lipinski definition) is 1. The van der Waals surface area contributed by atoms with Crippen LogP contribution in [0.3, 0.4) is 0 Å². The van der Waals surface area contributed by atoms with Gasteiger partial charge in [-0.25, -0.2) is 9.78 Å². The summed E-state index contributed by atoms with van der Waals surface area (Å²) < 4.78 is 0. The Kier molecular flexibility index (Phi) is 6.14. The first kappa shape index (κ1) is 17.4. The van der Waals surface area contributed by atoms with Gasteiger partial charge in [0.1, 0.15) is 6.04 Å². The van der Waals surface area contributed by atoms with Gasteiger partial charge in [-0.05, 0) is 5.92 Å². The van der Waals surface area contributed by atoms with Gasteiger partial charge in [0, 0.05) is 18.3 Å². The lowest BCUT2D eigenvalue weighted by molar-refractivity contribution is -0.121. The van der Waals surface area contributed by atoms with Crippen molar-refractivity contribution in [1.29, 1.82) is 0 Å². The standard InChI is InChI=1S/C14H23N4O2S/c1-8(2)11(12(15)19)17-14(20)18(5)6-10-7-21-13(16-10)9(3)4/h7-9,11,15H,6H2,1-5H3,(H,17,20)/t11-/m0/s1. The van der Waals surface area contributed by atoms with Crippen LogP contribution in [0.4, 0.5) is 4.79 Å². The summed E-state index contributed by atoms with van der Waals surface area (Å²) in [6.45, 7) is 8.13. The number of aromatic nitrogens is 1. The number of nitrogens with one attached hydrogen (secondary N) is 2. The number of amides is 3. The summed E-state index contributed by atoms with van der Waals surface area (Å²) in [5.74, 6) is -0.518. The van der Waals surface area contributed by atoms with Gasteiger partial charge in [-0.2, -0.15) is 0 Å². The monoisotopic (exact) mass is 311 g/mol. The van der Waals surface area contributed by atoms with Crippen molar-refractivity contribution in [2.24, 2.45) is 5.92 Å². The minimum atomic E-state index is -0.776. The van der Waals surface area contributed by atoms with Gasteiger partial charge in [0.25, 0.3) is 5.91 Å². The molecule has 1 aromatic rings. The van der Waals surface area contributed by atoms with Crippen LogP contribution in [0.25, 0.3) is 0 Å². The molecular formula is C14H23N4O2S. The van der Waals surface area contributed by atoms with E-state index in [1.807, 2.05) is 5.38 Å². The zero-order valence-corrected chi connectivity index (χ0v) is 14.0. The third-order valence-electron chi connectivity index (χ3n) is 3.04. The van der Waals surface area contributed by atoms with Crippen LogP contribution in [0.5, 0.6) is 0 Å². The summed E-state index contributed by atoms with van der Waals surface area (Å²) in [4.78, 5) is 29.2. The van der Waals surface area contributed by atoms with Crippen LogP contribution in [0, 0.1) is 5.92 Å². The molecule has 0 aliphatic rings. The van der Waals surface area contributed by atoms with Crippen LogP contribution in [-0.2, 0) is 11.3 Å². The Hall–Kier alpha value is -1.63. The molecule has 7 heteroatoms. The quantitative estimate of drug-likeness (QED) is 0.874. The van der Waals surface area contributed by atoms with Crippen molar-refractivity contribution in [3.63, 3.8) is 0 Å². The molecule has 0 aliphatic heterocycles. The van der Waals surface area contributed by atoms with Crippen LogP contribution in [0.1, 0.15) is 44.3 Å². The van der Waals surface area contributed by atoms with Crippen LogP contribution in [0.2, 0.25) is 0 Å². The highest BCUT2D eigenvalue weighted by Gasteiger charge is 2.24. The second-order valence-corrected chi connectivity index (χ2v) is 6.61. The van der Waals surface area contributed by atoms with E-state index in [9.17, 15) is 9.59 Å². The molecule has 1 aromatic heterocycles. The van der Waals surface area contributed by atoms with E-state index < -0.39 is 11.9 Å². The van der Waals surface area contributed by atoms with Gasteiger partial charge in [-0.1, -0.05) is 27.7 Å². The van der Waals surface area contributed by atoms with E-state index in [0.29, 0.717) is 12.5 Å². The van der Waals surface area contributed by atoms with Gasteiger partial charge in [0.2, 0.25) is 0 Å². The van der Waals surface area contributed by atoms with Gasteiger partial charge in [-0.3, -0.25) is 10.5 Å². The Morgan fingerprint density at radius 2 is 2.00 bits per heavy atom. The molecule has 0 aromatic carbocycles. The molecule has 0 unspecified atom stereocenters. The average Bonchev–Trinajstić information content (AvgIpc) is 2.83. The van der Waals surface area contributed by atoms with Gasteiger partial charge in [0.15, 0.2) is 0 Å². The molecule has 2 N–H and O–H groups in total. The molecule has 0 bridgehead atoms. The fraction of sp³-hybridized carbons (Fsp3) is 0.643. The number of rotatable bonds is 6. The number of nitrogens with zero attached hydrogens (tertiary/aromatic N) is 2. The molecular weight excluding hydrogens is 288 g/mol. The zero-order chi connectivity index (χ0) is 16.2. The molecule has 21 heavy (non-hydrogen) atoms. The van der Waals surface area contributed by atoms with E-state index in [1.165, 1.54) is 4.90 Å². The predicted molar refractivity (Wildman–Crippen MR) is 82.9 cm³/mol. The Bertz CT molecular complexity index is 499. The van der Waals surface area contributed by atoms with Crippen molar-refractivity contribution in [3.8, 4) is 0 Å². The first-order chi connectivity index (χ1) is 9.72. The van der Waals surface area contributed by atoms with E-state index in [4.69, 9.17) is 5.73 Å². The molecule has 6 nitrogen and oxygen atoms in total. The van der Waals surface area contributed by atoms with Crippen molar-refractivity contribution >= 4 is 23.3 Å². The lowest BCUT2D eigenvalue weighted by Gasteiger charge is -2.23. The van der Waals surface area contributed by atoms with E-state index >= 15 is 0 Å². The van der Waals surface area contributed by atoms with Crippen LogP contribution in [-0.4, -0.2) is 34.9 Å². The highest BCUT2D eigenvalue weighted by Crippen LogP contribution is 2.19. The fourth-order valence-electron chi connectivity index (χ4n) is 1.75. The minimum Gasteiger partial charge on any atom is -0.326 e. The topological polar surface area (TPSA) is 86.1 Å². The Labute approximate surface area is 129 Å². The summed E-state index contributed by atoms with van der Waals surface area (Å²) >= 11 is 1.58. The number of hydrogen-bond acceptors (Lipinski definition) is 4. The maximum absolute atomic E-state index is 12.1. The maximum atomic E-state index is 12.1. The summed E-state index contributed by atoms with van der Waals surface area (Å²) in [7, 11) is 1.65.